The number of rotatable bonds is 4. The largest absolute Gasteiger partial charge is 0.450 e. The van der Waals surface area contributed by atoms with E-state index >= 15 is 0 Å². The minimum absolute atomic E-state index is 0.00101. The highest BCUT2D eigenvalue weighted by atomic mass is 16.6. The van der Waals surface area contributed by atoms with E-state index in [0.717, 1.165) is 31.7 Å². The van der Waals surface area contributed by atoms with Gasteiger partial charge in [0.1, 0.15) is 5.75 Å². The lowest BCUT2D eigenvalue weighted by atomic mass is 9.81. The molecule has 2 fully saturated rings. The minimum atomic E-state index is -0.617. The molecule has 0 radical (unpaired) electrons. The number of fused-ring (bicyclic) bond motifs is 1. The zero-order valence-electron chi connectivity index (χ0n) is 15.4. The van der Waals surface area contributed by atoms with E-state index in [1.807, 2.05) is 6.07 Å². The Bertz CT molecular complexity index is 1020. The molecule has 1 aliphatic heterocycles. The van der Waals surface area contributed by atoms with Crippen LogP contribution in [0.4, 0.5) is 11.4 Å². The monoisotopic (exact) mass is 391 g/mol. The molecule has 146 valence electrons. The average molecular weight is 391 g/mol. The first-order chi connectivity index (χ1) is 14.0. The Morgan fingerprint density at radius 2 is 1.66 bits per heavy atom. The van der Waals surface area contributed by atoms with Crippen LogP contribution in [0.2, 0.25) is 0 Å². The van der Waals surface area contributed by atoms with Gasteiger partial charge in [0.15, 0.2) is 0 Å². The molecule has 2 aromatic carbocycles. The van der Waals surface area contributed by atoms with Crippen LogP contribution in [-0.2, 0) is 9.59 Å². The number of anilines is 1. The Hall–Kier alpha value is -3.73. The van der Waals surface area contributed by atoms with E-state index in [9.17, 15) is 19.7 Å². The van der Waals surface area contributed by atoms with Crippen LogP contribution in [0.25, 0.3) is 0 Å². The van der Waals surface area contributed by atoms with Gasteiger partial charge in [0, 0.05) is 6.07 Å². The van der Waals surface area contributed by atoms with E-state index in [4.69, 9.17) is 10.00 Å². The number of ether oxygens (including phenoxy) is 1. The van der Waals surface area contributed by atoms with E-state index in [0.29, 0.717) is 11.4 Å². The van der Waals surface area contributed by atoms with Crippen molar-refractivity contribution in [1.29, 1.82) is 5.26 Å². The number of hydrogen-bond donors (Lipinski definition) is 0. The molecule has 4 rings (SSSR count). The summed E-state index contributed by atoms with van der Waals surface area (Å²) in [7, 11) is 0. The Labute approximate surface area is 166 Å². The Kier molecular flexibility index (Phi) is 4.72. The predicted molar refractivity (Wildman–Crippen MR) is 102 cm³/mol. The van der Waals surface area contributed by atoms with Crippen molar-refractivity contribution in [2.24, 2.45) is 11.8 Å². The lowest BCUT2D eigenvalue weighted by molar-refractivity contribution is -0.385. The Balaban J connectivity index is 1.56. The highest BCUT2D eigenvalue weighted by Gasteiger charge is 2.48. The van der Waals surface area contributed by atoms with Gasteiger partial charge < -0.3 is 4.74 Å². The average Bonchev–Trinajstić information content (AvgIpc) is 2.99. The molecule has 2 aromatic rings. The van der Waals surface area contributed by atoms with Crippen molar-refractivity contribution in [3.8, 4) is 17.6 Å². The molecule has 1 aliphatic carbocycles. The second-order valence-electron chi connectivity index (χ2n) is 7.16. The molecule has 29 heavy (non-hydrogen) atoms. The molecular weight excluding hydrogens is 374 g/mol. The highest BCUT2D eigenvalue weighted by molar-refractivity contribution is 6.22. The zero-order chi connectivity index (χ0) is 20.5. The lowest BCUT2D eigenvalue weighted by Crippen LogP contribution is -2.30. The summed E-state index contributed by atoms with van der Waals surface area (Å²) >= 11 is 0. The zero-order valence-corrected chi connectivity index (χ0v) is 15.4. The fourth-order valence-electron chi connectivity index (χ4n) is 4.02. The maximum Gasteiger partial charge on any atom is 0.312 e. The number of nitriles is 1. The van der Waals surface area contributed by atoms with Gasteiger partial charge in [0.2, 0.25) is 17.6 Å². The normalized spacial score (nSPS) is 20.9. The van der Waals surface area contributed by atoms with Gasteiger partial charge in [-0.15, -0.1) is 0 Å². The number of nitro groups is 1. The topological polar surface area (TPSA) is 114 Å². The van der Waals surface area contributed by atoms with Crippen molar-refractivity contribution in [1.82, 2.24) is 0 Å². The van der Waals surface area contributed by atoms with Crippen LogP contribution >= 0.6 is 0 Å². The van der Waals surface area contributed by atoms with E-state index in [-0.39, 0.29) is 40.7 Å². The van der Waals surface area contributed by atoms with Crippen LogP contribution in [0.5, 0.6) is 11.5 Å². The van der Waals surface area contributed by atoms with Gasteiger partial charge in [-0.05, 0) is 49.2 Å². The van der Waals surface area contributed by atoms with Gasteiger partial charge in [0.05, 0.1) is 34.1 Å². The van der Waals surface area contributed by atoms with Crippen LogP contribution < -0.4 is 9.64 Å². The first-order valence-electron chi connectivity index (χ1n) is 9.34. The van der Waals surface area contributed by atoms with Crippen LogP contribution in [0.15, 0.2) is 42.5 Å². The van der Waals surface area contributed by atoms with Crippen molar-refractivity contribution < 1.29 is 19.2 Å². The summed E-state index contributed by atoms with van der Waals surface area (Å²) in [6.45, 7) is 0. The molecule has 2 atom stereocenters. The molecular formula is C21H17N3O5. The number of carbonyl (C=O) groups excluding carboxylic acids is 2. The van der Waals surface area contributed by atoms with E-state index < -0.39 is 4.92 Å². The van der Waals surface area contributed by atoms with Crippen molar-refractivity contribution in [3.05, 3.63) is 58.1 Å². The smallest absolute Gasteiger partial charge is 0.312 e. The number of hydrogen-bond acceptors (Lipinski definition) is 6. The van der Waals surface area contributed by atoms with E-state index in [2.05, 4.69) is 0 Å². The number of imide groups is 1. The molecule has 0 spiro atoms. The van der Waals surface area contributed by atoms with Gasteiger partial charge in [-0.2, -0.15) is 5.26 Å². The van der Waals surface area contributed by atoms with Gasteiger partial charge in [-0.3, -0.25) is 24.6 Å². The first-order valence-corrected chi connectivity index (χ1v) is 9.34. The van der Waals surface area contributed by atoms with Gasteiger partial charge in [0.25, 0.3) is 0 Å². The molecule has 2 aliphatic rings. The van der Waals surface area contributed by atoms with Gasteiger partial charge in [-0.25, -0.2) is 0 Å². The third kappa shape index (κ3) is 3.31. The second-order valence-corrected chi connectivity index (χ2v) is 7.16. The molecule has 0 N–H and O–H groups in total. The van der Waals surface area contributed by atoms with Crippen LogP contribution in [0, 0.1) is 33.3 Å². The number of nitro benzene ring substituents is 1. The summed E-state index contributed by atoms with van der Waals surface area (Å²) in [4.78, 5) is 37.2. The Morgan fingerprint density at radius 1 is 1.03 bits per heavy atom. The third-order valence-corrected chi connectivity index (χ3v) is 5.45. The third-order valence-electron chi connectivity index (χ3n) is 5.45. The molecule has 8 heteroatoms. The summed E-state index contributed by atoms with van der Waals surface area (Å²) in [5, 5.41) is 20.1. The van der Waals surface area contributed by atoms with E-state index in [1.54, 1.807) is 24.3 Å². The highest BCUT2D eigenvalue weighted by Crippen LogP contribution is 2.40. The molecule has 2 amide bonds. The molecule has 1 saturated carbocycles. The lowest BCUT2D eigenvalue weighted by Gasteiger charge is -2.19. The quantitative estimate of drug-likeness (QED) is 0.443. The fourth-order valence-corrected chi connectivity index (χ4v) is 4.02. The van der Waals surface area contributed by atoms with Gasteiger partial charge in [-0.1, -0.05) is 12.8 Å². The number of benzene rings is 2. The van der Waals surface area contributed by atoms with Crippen molar-refractivity contribution >= 4 is 23.2 Å². The standard InChI is InChI=1S/C21H17N3O5/c22-12-13-5-10-19(18(11-13)24(27)28)29-15-8-6-14(7-9-15)23-20(25)16-3-1-2-4-17(16)21(23)26/h5-11,16-17H,1-4H2/t16-,17+. The fraction of sp³-hybridized carbons (Fsp3) is 0.286. The molecule has 0 aromatic heterocycles. The molecule has 0 unspecified atom stereocenters. The summed E-state index contributed by atoms with van der Waals surface area (Å²) < 4.78 is 5.60. The molecule has 8 nitrogen and oxygen atoms in total. The SMILES string of the molecule is N#Cc1ccc(Oc2ccc(N3C(=O)[C@H]4CCCC[C@H]4C3=O)cc2)c([N+](=O)[O-])c1. The second kappa shape index (κ2) is 7.36. The van der Waals surface area contributed by atoms with E-state index in [1.165, 1.54) is 17.0 Å². The van der Waals surface area contributed by atoms with Crippen LogP contribution in [0.3, 0.4) is 0 Å². The number of amides is 2. The summed E-state index contributed by atoms with van der Waals surface area (Å²) in [6.07, 6.45) is 3.42. The minimum Gasteiger partial charge on any atom is -0.450 e. The molecule has 1 saturated heterocycles. The van der Waals surface area contributed by atoms with Crippen LogP contribution in [0.1, 0.15) is 31.2 Å². The van der Waals surface area contributed by atoms with Crippen LogP contribution in [-0.4, -0.2) is 16.7 Å². The summed E-state index contributed by atoms with van der Waals surface area (Å²) in [6, 6.07) is 12.1. The Morgan fingerprint density at radius 3 is 2.21 bits per heavy atom. The molecule has 0 bridgehead atoms. The maximum absolute atomic E-state index is 12.7. The summed E-state index contributed by atoms with van der Waals surface area (Å²) in [5.41, 5.74) is 0.310. The summed E-state index contributed by atoms with van der Waals surface area (Å²) in [5.74, 6) is -0.451. The first kappa shape index (κ1) is 18.6. The number of nitrogens with zero attached hydrogens (tertiary/aromatic N) is 3. The molecule has 1 heterocycles. The number of carbonyl (C=O) groups is 2. The van der Waals surface area contributed by atoms with Crippen molar-refractivity contribution in [3.63, 3.8) is 0 Å². The maximum atomic E-state index is 12.7. The predicted octanol–water partition coefficient (Wildman–Crippen LogP) is 3.94. The van der Waals surface area contributed by atoms with Crippen molar-refractivity contribution in [2.45, 2.75) is 25.7 Å². The van der Waals surface area contributed by atoms with Gasteiger partial charge >= 0.3 is 5.69 Å². The van der Waals surface area contributed by atoms with Crippen molar-refractivity contribution in [2.75, 3.05) is 4.90 Å².